The second-order valence-electron chi connectivity index (χ2n) is 5.44. The monoisotopic (exact) mass is 265 g/mol. The molecule has 1 rings (SSSR count). The van der Waals surface area contributed by atoms with Crippen LogP contribution in [-0.4, -0.2) is 17.2 Å². The van der Waals surface area contributed by atoms with Crippen LogP contribution in [0.25, 0.3) is 0 Å². The number of rotatable bonds is 10. The van der Waals surface area contributed by atoms with Crippen molar-refractivity contribution in [3.8, 4) is 0 Å². The van der Waals surface area contributed by atoms with Gasteiger partial charge in [-0.2, -0.15) is 0 Å². The molecule has 0 fully saturated rings. The smallest absolute Gasteiger partial charge is 0.0998 e. The van der Waals surface area contributed by atoms with Gasteiger partial charge in [0.15, 0.2) is 0 Å². The zero-order valence-corrected chi connectivity index (χ0v) is 12.6. The molecule has 2 unspecified atom stereocenters. The Bertz CT molecular complexity index is 271. The lowest BCUT2D eigenvalue weighted by Crippen LogP contribution is -2.44. The van der Waals surface area contributed by atoms with E-state index in [4.69, 9.17) is 5.73 Å². The number of hydrogen-bond donors (Lipinski definition) is 2. The number of unbranched alkanes of at least 4 members (excludes halogenated alkanes) is 5. The van der Waals surface area contributed by atoms with Crippen molar-refractivity contribution >= 4 is 0 Å². The van der Waals surface area contributed by atoms with Crippen LogP contribution in [0.4, 0.5) is 0 Å². The van der Waals surface area contributed by atoms with Crippen molar-refractivity contribution in [2.24, 2.45) is 5.73 Å². The molecule has 1 heterocycles. The minimum absolute atomic E-state index is 0.0822. The van der Waals surface area contributed by atoms with Crippen molar-refractivity contribution in [2.75, 3.05) is 0 Å². The Morgan fingerprint density at radius 2 is 1.95 bits per heavy atom. The maximum atomic E-state index is 5.91. The Balaban J connectivity index is 2.01. The summed E-state index contributed by atoms with van der Waals surface area (Å²) in [6, 6.07) is 0. The summed E-state index contributed by atoms with van der Waals surface area (Å²) in [4.78, 5) is 2.18. The third-order valence-electron chi connectivity index (χ3n) is 3.61. The lowest BCUT2D eigenvalue weighted by molar-refractivity contribution is 0.213. The average molecular weight is 265 g/mol. The van der Waals surface area contributed by atoms with Gasteiger partial charge in [0.2, 0.25) is 0 Å². The van der Waals surface area contributed by atoms with Crippen LogP contribution in [0.3, 0.4) is 0 Å². The van der Waals surface area contributed by atoms with Gasteiger partial charge in [-0.1, -0.05) is 44.8 Å². The Labute approximate surface area is 118 Å². The molecular weight excluding hydrogens is 234 g/mol. The zero-order chi connectivity index (χ0) is 13.9. The van der Waals surface area contributed by atoms with Crippen molar-refractivity contribution in [1.82, 2.24) is 10.2 Å². The molecule has 0 aromatic carbocycles. The summed E-state index contributed by atoms with van der Waals surface area (Å²) in [6.45, 7) is 4.29. The van der Waals surface area contributed by atoms with Crippen molar-refractivity contribution in [3.05, 3.63) is 24.6 Å². The van der Waals surface area contributed by atoms with Crippen molar-refractivity contribution in [2.45, 2.75) is 77.5 Å². The van der Waals surface area contributed by atoms with E-state index in [1.165, 1.54) is 38.5 Å². The van der Waals surface area contributed by atoms with E-state index in [2.05, 4.69) is 29.3 Å². The predicted molar refractivity (Wildman–Crippen MR) is 83.3 cm³/mol. The van der Waals surface area contributed by atoms with Crippen LogP contribution in [0, 0.1) is 0 Å². The molecule has 3 heteroatoms. The quantitative estimate of drug-likeness (QED) is 0.467. The van der Waals surface area contributed by atoms with E-state index in [0.717, 1.165) is 12.8 Å². The lowest BCUT2D eigenvalue weighted by Gasteiger charge is -2.28. The molecule has 3 N–H and O–H groups in total. The van der Waals surface area contributed by atoms with Gasteiger partial charge in [0.25, 0.3) is 0 Å². The first-order valence-corrected chi connectivity index (χ1v) is 7.86. The summed E-state index contributed by atoms with van der Waals surface area (Å²) in [5.41, 5.74) is 5.91. The van der Waals surface area contributed by atoms with E-state index >= 15 is 0 Å². The molecule has 0 amide bonds. The maximum absolute atomic E-state index is 5.91. The Kier molecular flexibility index (Phi) is 8.39. The highest BCUT2D eigenvalue weighted by molar-refractivity contribution is 4.96. The zero-order valence-electron chi connectivity index (χ0n) is 12.6. The van der Waals surface area contributed by atoms with E-state index in [1.54, 1.807) is 0 Å². The SMILES string of the molecule is CCCCCCC/C=C/CCC1NC=CN1C(C)N. The van der Waals surface area contributed by atoms with Gasteiger partial charge in [0, 0.05) is 12.4 Å². The second-order valence-corrected chi connectivity index (χ2v) is 5.44. The third kappa shape index (κ3) is 6.67. The van der Waals surface area contributed by atoms with Gasteiger partial charge in [-0.15, -0.1) is 0 Å². The molecule has 0 spiro atoms. The molecule has 0 saturated carbocycles. The topological polar surface area (TPSA) is 41.3 Å². The normalized spacial score (nSPS) is 20.2. The van der Waals surface area contributed by atoms with Gasteiger partial charge < -0.3 is 16.0 Å². The minimum Gasteiger partial charge on any atom is -0.370 e. The fourth-order valence-electron chi connectivity index (χ4n) is 2.44. The van der Waals surface area contributed by atoms with Gasteiger partial charge in [0.05, 0.1) is 12.3 Å². The van der Waals surface area contributed by atoms with Gasteiger partial charge in [-0.25, -0.2) is 0 Å². The Hall–Kier alpha value is -0.960. The molecule has 1 aliphatic heterocycles. The molecule has 2 atom stereocenters. The predicted octanol–water partition coefficient (Wildman–Crippen LogP) is 3.69. The number of nitrogens with two attached hydrogens (primary N) is 1. The number of nitrogens with zero attached hydrogens (tertiary/aromatic N) is 1. The number of allylic oxidation sites excluding steroid dienone is 2. The summed E-state index contributed by atoms with van der Waals surface area (Å²) < 4.78 is 0. The largest absolute Gasteiger partial charge is 0.370 e. The Morgan fingerprint density at radius 3 is 2.68 bits per heavy atom. The van der Waals surface area contributed by atoms with Gasteiger partial charge in [-0.3, -0.25) is 0 Å². The summed E-state index contributed by atoms with van der Waals surface area (Å²) in [7, 11) is 0. The van der Waals surface area contributed by atoms with E-state index in [-0.39, 0.29) is 6.17 Å². The molecule has 0 aliphatic carbocycles. The highest BCUT2D eigenvalue weighted by Gasteiger charge is 2.19. The van der Waals surface area contributed by atoms with Crippen LogP contribution in [0.5, 0.6) is 0 Å². The van der Waals surface area contributed by atoms with E-state index < -0.39 is 0 Å². The molecule has 19 heavy (non-hydrogen) atoms. The van der Waals surface area contributed by atoms with Crippen LogP contribution in [0.15, 0.2) is 24.6 Å². The average Bonchev–Trinajstić information content (AvgIpc) is 2.85. The lowest BCUT2D eigenvalue weighted by atomic mass is 10.1. The van der Waals surface area contributed by atoms with Crippen molar-refractivity contribution < 1.29 is 0 Å². The first kappa shape index (κ1) is 16.1. The standard InChI is InChI=1S/C16H31N3/c1-3-4-5-6-7-8-9-10-11-12-16-18-13-14-19(16)15(2)17/h9-10,13-16,18H,3-8,11-12,17H2,1-2H3/b10-9+. The van der Waals surface area contributed by atoms with Crippen LogP contribution in [0.2, 0.25) is 0 Å². The molecule has 1 aliphatic rings. The Morgan fingerprint density at radius 1 is 1.21 bits per heavy atom. The molecular formula is C16H31N3. The fourth-order valence-corrected chi connectivity index (χ4v) is 2.44. The highest BCUT2D eigenvalue weighted by Crippen LogP contribution is 2.13. The summed E-state index contributed by atoms with van der Waals surface area (Å²) in [5.74, 6) is 0. The highest BCUT2D eigenvalue weighted by atomic mass is 15.3. The van der Waals surface area contributed by atoms with E-state index in [9.17, 15) is 0 Å². The van der Waals surface area contributed by atoms with E-state index in [0.29, 0.717) is 6.17 Å². The number of nitrogens with one attached hydrogen (secondary N) is 1. The summed E-state index contributed by atoms with van der Waals surface area (Å²) in [5, 5.41) is 3.34. The van der Waals surface area contributed by atoms with Crippen LogP contribution in [-0.2, 0) is 0 Å². The first-order chi connectivity index (χ1) is 9.25. The summed E-state index contributed by atoms with van der Waals surface area (Å²) >= 11 is 0. The number of hydrogen-bond acceptors (Lipinski definition) is 3. The van der Waals surface area contributed by atoms with Crippen LogP contribution in [0.1, 0.15) is 65.2 Å². The molecule has 0 aromatic heterocycles. The maximum Gasteiger partial charge on any atom is 0.0998 e. The molecule has 110 valence electrons. The van der Waals surface area contributed by atoms with Crippen LogP contribution >= 0.6 is 0 Å². The summed E-state index contributed by atoms with van der Waals surface area (Å²) in [6.07, 6.45) is 19.4. The van der Waals surface area contributed by atoms with Gasteiger partial charge >= 0.3 is 0 Å². The third-order valence-corrected chi connectivity index (χ3v) is 3.61. The molecule has 0 bridgehead atoms. The van der Waals surface area contributed by atoms with Gasteiger partial charge in [-0.05, 0) is 32.6 Å². The van der Waals surface area contributed by atoms with Gasteiger partial charge in [0.1, 0.15) is 0 Å². The van der Waals surface area contributed by atoms with Crippen LogP contribution < -0.4 is 11.1 Å². The van der Waals surface area contributed by atoms with Crippen molar-refractivity contribution in [1.29, 1.82) is 0 Å². The molecule has 0 radical (unpaired) electrons. The first-order valence-electron chi connectivity index (χ1n) is 7.86. The van der Waals surface area contributed by atoms with E-state index in [1.807, 2.05) is 19.3 Å². The molecule has 0 aromatic rings. The minimum atomic E-state index is 0.0822. The van der Waals surface area contributed by atoms with Crippen molar-refractivity contribution in [3.63, 3.8) is 0 Å². The second kappa shape index (κ2) is 9.90. The molecule has 0 saturated heterocycles. The molecule has 3 nitrogen and oxygen atoms in total. The fraction of sp³-hybridized carbons (Fsp3) is 0.750.